The Balaban J connectivity index is 1.76. The summed E-state index contributed by atoms with van der Waals surface area (Å²) in [7, 11) is 0. The lowest BCUT2D eigenvalue weighted by Crippen LogP contribution is -2.70. The molecule has 2 aromatic carbocycles. The van der Waals surface area contributed by atoms with E-state index in [0.29, 0.717) is 11.3 Å². The lowest BCUT2D eigenvalue weighted by molar-refractivity contribution is -0.159. The Hall–Kier alpha value is -3.29. The van der Waals surface area contributed by atoms with E-state index in [2.05, 4.69) is 0 Å². The minimum atomic E-state index is -1.67. The van der Waals surface area contributed by atoms with Crippen LogP contribution in [0.5, 0.6) is 0 Å². The minimum absolute atomic E-state index is 0.0499. The highest BCUT2D eigenvalue weighted by atomic mass is 19.2. The number of carbonyl (C=O) groups excluding carboxylic acids is 3. The van der Waals surface area contributed by atoms with Crippen LogP contribution in [-0.4, -0.2) is 34.4 Å². The monoisotopic (exact) mass is 414 g/mol. The molecule has 8 heteroatoms. The maximum Gasteiger partial charge on any atom is 0.354 e. The van der Waals surface area contributed by atoms with Crippen molar-refractivity contribution in [3.63, 3.8) is 0 Å². The Morgan fingerprint density at radius 2 is 1.87 bits per heavy atom. The first-order valence-electron chi connectivity index (χ1n) is 9.65. The van der Waals surface area contributed by atoms with Gasteiger partial charge in [-0.15, -0.1) is 0 Å². The van der Waals surface area contributed by atoms with E-state index in [1.807, 2.05) is 0 Å². The van der Waals surface area contributed by atoms with E-state index in [1.54, 1.807) is 38.1 Å². The van der Waals surface area contributed by atoms with E-state index < -0.39 is 35.9 Å². The highest BCUT2D eigenvalue weighted by Gasteiger charge is 2.62. The number of nitrogens with zero attached hydrogens (tertiary/aromatic N) is 2. The third-order valence-electron chi connectivity index (χ3n) is 5.53. The maximum absolute atomic E-state index is 14.0. The standard InChI is InChI=1S/C22H20F2N2O4/c1-13(2)25-20(28)15-7-3-4-9-17(15)26-18(27)10-11-22(25,26)21(29)30-12-14-6-5-8-16(23)19(14)24/h3-9,13H,10-12H2,1-2H3/t22-/m0/s1. The number of ether oxygens (including phenoxy) is 1. The van der Waals surface area contributed by atoms with Gasteiger partial charge in [0.1, 0.15) is 6.61 Å². The molecule has 0 unspecified atom stereocenters. The molecule has 2 heterocycles. The number of rotatable bonds is 4. The fourth-order valence-corrected chi connectivity index (χ4v) is 4.29. The number of anilines is 1. The molecular formula is C22H20F2N2O4. The number of hydrogen-bond acceptors (Lipinski definition) is 4. The molecule has 4 rings (SSSR count). The number of para-hydroxylation sites is 1. The second-order valence-corrected chi connectivity index (χ2v) is 7.62. The zero-order chi connectivity index (χ0) is 21.6. The van der Waals surface area contributed by atoms with Crippen LogP contribution in [-0.2, 0) is 20.9 Å². The summed E-state index contributed by atoms with van der Waals surface area (Å²) < 4.78 is 32.8. The summed E-state index contributed by atoms with van der Waals surface area (Å²) in [4.78, 5) is 42.1. The number of carbonyl (C=O) groups is 3. The van der Waals surface area contributed by atoms with Crippen LogP contribution in [0.1, 0.15) is 42.6 Å². The summed E-state index contributed by atoms with van der Waals surface area (Å²) in [6, 6.07) is 9.76. The predicted octanol–water partition coefficient (Wildman–Crippen LogP) is 3.40. The summed E-state index contributed by atoms with van der Waals surface area (Å²) >= 11 is 0. The highest BCUT2D eigenvalue weighted by molar-refractivity contribution is 6.15. The molecule has 0 saturated carbocycles. The number of amides is 2. The van der Waals surface area contributed by atoms with Gasteiger partial charge >= 0.3 is 5.97 Å². The van der Waals surface area contributed by atoms with Crippen LogP contribution in [0.25, 0.3) is 0 Å². The van der Waals surface area contributed by atoms with Gasteiger partial charge in [-0.05, 0) is 32.0 Å². The molecule has 0 aromatic heterocycles. The molecule has 1 saturated heterocycles. The van der Waals surface area contributed by atoms with E-state index in [9.17, 15) is 23.2 Å². The molecule has 0 N–H and O–H groups in total. The first-order valence-corrected chi connectivity index (χ1v) is 9.65. The van der Waals surface area contributed by atoms with Crippen molar-refractivity contribution >= 4 is 23.5 Å². The first kappa shape index (κ1) is 20.0. The van der Waals surface area contributed by atoms with Crippen molar-refractivity contribution in [1.29, 1.82) is 0 Å². The zero-order valence-electron chi connectivity index (χ0n) is 16.5. The summed E-state index contributed by atoms with van der Waals surface area (Å²) in [5.41, 5.74) is -1.13. The Bertz CT molecular complexity index is 1060. The van der Waals surface area contributed by atoms with Gasteiger partial charge in [-0.1, -0.05) is 24.3 Å². The van der Waals surface area contributed by atoms with Gasteiger partial charge in [0, 0.05) is 24.4 Å². The van der Waals surface area contributed by atoms with Gasteiger partial charge in [-0.2, -0.15) is 0 Å². The van der Waals surface area contributed by atoms with E-state index in [4.69, 9.17) is 4.74 Å². The van der Waals surface area contributed by atoms with Crippen LogP contribution in [0, 0.1) is 11.6 Å². The number of esters is 1. The molecule has 2 amide bonds. The molecule has 6 nitrogen and oxygen atoms in total. The molecule has 2 aliphatic rings. The van der Waals surface area contributed by atoms with Crippen LogP contribution in [0.4, 0.5) is 14.5 Å². The maximum atomic E-state index is 14.0. The van der Waals surface area contributed by atoms with Crippen molar-refractivity contribution in [1.82, 2.24) is 4.90 Å². The van der Waals surface area contributed by atoms with Crippen LogP contribution < -0.4 is 4.90 Å². The molecule has 0 bridgehead atoms. The zero-order valence-corrected chi connectivity index (χ0v) is 16.5. The first-order chi connectivity index (χ1) is 14.3. The van der Waals surface area contributed by atoms with Gasteiger partial charge in [0.2, 0.25) is 11.6 Å². The number of hydrogen-bond donors (Lipinski definition) is 0. The van der Waals surface area contributed by atoms with Gasteiger partial charge in [0.05, 0.1) is 11.3 Å². The van der Waals surface area contributed by atoms with Gasteiger partial charge in [0.15, 0.2) is 11.6 Å². The second kappa shape index (κ2) is 7.19. The lowest BCUT2D eigenvalue weighted by atomic mass is 9.95. The van der Waals surface area contributed by atoms with Crippen molar-refractivity contribution in [2.45, 2.75) is 45.0 Å². The molecule has 0 radical (unpaired) electrons. The Labute approximate surface area is 172 Å². The molecule has 1 atom stereocenters. The number of halogens is 2. The SMILES string of the molecule is CC(C)N1C(=O)c2ccccc2N2C(=O)CC[C@@]21C(=O)OCc1cccc(F)c1F. The average molecular weight is 414 g/mol. The van der Waals surface area contributed by atoms with Gasteiger partial charge in [0.25, 0.3) is 5.91 Å². The summed E-state index contributed by atoms with van der Waals surface area (Å²) in [6.07, 6.45) is 0.100. The highest BCUT2D eigenvalue weighted by Crippen LogP contribution is 2.46. The van der Waals surface area contributed by atoms with E-state index >= 15 is 0 Å². The number of benzene rings is 2. The van der Waals surface area contributed by atoms with Gasteiger partial charge < -0.3 is 9.64 Å². The van der Waals surface area contributed by atoms with E-state index in [0.717, 1.165) is 6.07 Å². The van der Waals surface area contributed by atoms with Crippen molar-refractivity contribution in [2.24, 2.45) is 0 Å². The quantitative estimate of drug-likeness (QED) is 0.720. The topological polar surface area (TPSA) is 66.9 Å². The van der Waals surface area contributed by atoms with Crippen molar-refractivity contribution in [2.75, 3.05) is 4.90 Å². The van der Waals surface area contributed by atoms with Crippen LogP contribution in [0.2, 0.25) is 0 Å². The normalized spacial score (nSPS) is 20.4. The summed E-state index contributed by atoms with van der Waals surface area (Å²) in [5, 5.41) is 0. The summed E-state index contributed by atoms with van der Waals surface area (Å²) in [6.45, 7) is 2.97. The molecule has 30 heavy (non-hydrogen) atoms. The number of fused-ring (bicyclic) bond motifs is 3. The van der Waals surface area contributed by atoms with Crippen LogP contribution in [0.15, 0.2) is 42.5 Å². The van der Waals surface area contributed by atoms with Gasteiger partial charge in [-0.3, -0.25) is 14.5 Å². The predicted molar refractivity (Wildman–Crippen MR) is 103 cm³/mol. The van der Waals surface area contributed by atoms with Crippen LogP contribution >= 0.6 is 0 Å². The van der Waals surface area contributed by atoms with Crippen molar-refractivity contribution in [3.05, 3.63) is 65.2 Å². The van der Waals surface area contributed by atoms with Crippen molar-refractivity contribution in [3.8, 4) is 0 Å². The van der Waals surface area contributed by atoms with E-state index in [1.165, 1.54) is 21.9 Å². The van der Waals surface area contributed by atoms with E-state index in [-0.39, 0.29) is 30.2 Å². The van der Waals surface area contributed by atoms with Crippen molar-refractivity contribution < 1.29 is 27.9 Å². The molecule has 2 aromatic rings. The molecule has 2 aliphatic heterocycles. The average Bonchev–Trinajstić information content (AvgIpc) is 3.07. The second-order valence-electron chi connectivity index (χ2n) is 7.62. The Morgan fingerprint density at radius 1 is 1.13 bits per heavy atom. The summed E-state index contributed by atoms with van der Waals surface area (Å²) in [5.74, 6) is -3.71. The molecular weight excluding hydrogens is 394 g/mol. The molecule has 1 fully saturated rings. The fourth-order valence-electron chi connectivity index (χ4n) is 4.29. The smallest absolute Gasteiger partial charge is 0.354 e. The van der Waals surface area contributed by atoms with Crippen LogP contribution in [0.3, 0.4) is 0 Å². The Kier molecular flexibility index (Phi) is 4.80. The largest absolute Gasteiger partial charge is 0.458 e. The van der Waals surface area contributed by atoms with Gasteiger partial charge in [-0.25, -0.2) is 13.6 Å². The molecule has 0 aliphatic carbocycles. The minimum Gasteiger partial charge on any atom is -0.458 e. The molecule has 0 spiro atoms. The lowest BCUT2D eigenvalue weighted by Gasteiger charge is -2.50. The fraction of sp³-hybridized carbons (Fsp3) is 0.318. The molecule has 156 valence electrons. The Morgan fingerprint density at radius 3 is 2.60 bits per heavy atom. The third kappa shape index (κ3) is 2.78. The third-order valence-corrected chi connectivity index (χ3v) is 5.53.